The molecule has 3 heterocycles. The minimum Gasteiger partial charge on any atom is -0.369 e. The number of primary amides is 1. The molecule has 2 aromatic heterocycles. The first-order valence-corrected chi connectivity index (χ1v) is 7.54. The number of benzene rings is 1. The molecule has 0 saturated carbocycles. The number of nitrogens with two attached hydrogens (primary N) is 1. The third-order valence-electron chi connectivity index (χ3n) is 4.20. The van der Waals surface area contributed by atoms with Crippen molar-refractivity contribution in [1.29, 1.82) is 0 Å². The molecular weight excluding hydrogens is 292 g/mol. The molecule has 0 bridgehead atoms. The van der Waals surface area contributed by atoms with Crippen molar-refractivity contribution in [3.05, 3.63) is 42.5 Å². The lowest BCUT2D eigenvalue weighted by molar-refractivity contribution is -0.121. The molecule has 1 amide bonds. The van der Waals surface area contributed by atoms with E-state index in [-0.39, 0.29) is 11.8 Å². The van der Waals surface area contributed by atoms with Crippen LogP contribution in [-0.2, 0) is 4.79 Å². The molecule has 1 fully saturated rings. The maximum absolute atomic E-state index is 11.3. The predicted octanol–water partition coefficient (Wildman–Crippen LogP) is 1.10. The van der Waals surface area contributed by atoms with Gasteiger partial charge in [-0.1, -0.05) is 30.3 Å². The van der Waals surface area contributed by atoms with Gasteiger partial charge in [-0.2, -0.15) is 4.52 Å². The number of carbonyl (C=O) groups is 1. The molecule has 1 saturated heterocycles. The maximum atomic E-state index is 11.3. The highest BCUT2D eigenvalue weighted by molar-refractivity contribution is 5.78. The summed E-state index contributed by atoms with van der Waals surface area (Å²) in [5.74, 6) is 1.15. The average molecular weight is 308 g/mol. The fourth-order valence-electron chi connectivity index (χ4n) is 2.92. The Morgan fingerprint density at radius 2 is 1.96 bits per heavy atom. The summed E-state index contributed by atoms with van der Waals surface area (Å²) in [5.41, 5.74) is 7.05. The normalized spacial score (nSPS) is 17.7. The average Bonchev–Trinajstić information content (AvgIpc) is 3.22. The van der Waals surface area contributed by atoms with E-state index in [0.29, 0.717) is 18.0 Å². The monoisotopic (exact) mass is 308 g/mol. The molecule has 1 aliphatic rings. The van der Waals surface area contributed by atoms with Crippen LogP contribution in [0.4, 0.5) is 5.82 Å². The Labute approximate surface area is 132 Å². The lowest BCUT2D eigenvalue weighted by atomic mass is 10.1. The zero-order valence-electron chi connectivity index (χ0n) is 12.5. The third-order valence-corrected chi connectivity index (χ3v) is 4.20. The fourth-order valence-corrected chi connectivity index (χ4v) is 2.92. The van der Waals surface area contributed by atoms with E-state index in [9.17, 15) is 4.79 Å². The second-order valence-electron chi connectivity index (χ2n) is 5.69. The second kappa shape index (κ2) is 5.35. The van der Waals surface area contributed by atoms with E-state index in [0.717, 1.165) is 24.3 Å². The molecule has 2 N–H and O–H groups in total. The lowest BCUT2D eigenvalue weighted by Crippen LogP contribution is -2.27. The van der Waals surface area contributed by atoms with Gasteiger partial charge in [0.1, 0.15) is 5.82 Å². The van der Waals surface area contributed by atoms with Crippen LogP contribution in [0, 0.1) is 5.92 Å². The number of carbonyl (C=O) groups excluding carboxylic acids is 1. The molecule has 7 heteroatoms. The molecule has 7 nitrogen and oxygen atoms in total. The molecule has 0 spiro atoms. The highest BCUT2D eigenvalue weighted by Gasteiger charge is 2.27. The summed E-state index contributed by atoms with van der Waals surface area (Å²) in [5, 5.41) is 13.1. The van der Waals surface area contributed by atoms with Gasteiger partial charge in [0.2, 0.25) is 5.91 Å². The standard InChI is InChI=1S/C16H16N6O/c17-15(23)12-8-9-21(10-12)14-7-6-13-18-19-16(22(13)20-14)11-4-2-1-3-5-11/h1-7,12H,8-10H2,(H2,17,23). The fraction of sp³-hybridized carbons (Fsp3) is 0.250. The third kappa shape index (κ3) is 2.40. The smallest absolute Gasteiger partial charge is 0.222 e. The summed E-state index contributed by atoms with van der Waals surface area (Å²) in [6, 6.07) is 13.6. The Balaban J connectivity index is 1.72. The summed E-state index contributed by atoms with van der Waals surface area (Å²) in [4.78, 5) is 13.4. The lowest BCUT2D eigenvalue weighted by Gasteiger charge is -2.16. The molecule has 23 heavy (non-hydrogen) atoms. The number of amides is 1. The van der Waals surface area contributed by atoms with Crippen LogP contribution in [0.5, 0.6) is 0 Å². The minimum absolute atomic E-state index is 0.109. The van der Waals surface area contributed by atoms with Gasteiger partial charge in [0.15, 0.2) is 11.5 Å². The first kappa shape index (κ1) is 13.7. The predicted molar refractivity (Wildman–Crippen MR) is 85.7 cm³/mol. The van der Waals surface area contributed by atoms with E-state index in [1.807, 2.05) is 42.5 Å². The highest BCUT2D eigenvalue weighted by atomic mass is 16.1. The summed E-state index contributed by atoms with van der Waals surface area (Å²) in [6.45, 7) is 1.38. The first-order valence-electron chi connectivity index (χ1n) is 7.54. The van der Waals surface area contributed by atoms with E-state index in [4.69, 9.17) is 5.73 Å². The maximum Gasteiger partial charge on any atom is 0.222 e. The van der Waals surface area contributed by atoms with Crippen molar-refractivity contribution in [3.8, 4) is 11.4 Å². The van der Waals surface area contributed by atoms with Gasteiger partial charge in [-0.05, 0) is 18.6 Å². The van der Waals surface area contributed by atoms with Crippen LogP contribution in [0.1, 0.15) is 6.42 Å². The van der Waals surface area contributed by atoms with Crippen LogP contribution in [0.15, 0.2) is 42.5 Å². The van der Waals surface area contributed by atoms with Gasteiger partial charge in [-0.3, -0.25) is 4.79 Å². The van der Waals surface area contributed by atoms with Crippen LogP contribution in [-0.4, -0.2) is 38.8 Å². The summed E-state index contributed by atoms with van der Waals surface area (Å²) in [7, 11) is 0. The van der Waals surface area contributed by atoms with E-state index in [1.54, 1.807) is 4.52 Å². The van der Waals surface area contributed by atoms with Crippen LogP contribution in [0.3, 0.4) is 0 Å². The Morgan fingerprint density at radius 1 is 1.13 bits per heavy atom. The molecular formula is C16H16N6O. The van der Waals surface area contributed by atoms with Crippen LogP contribution in [0.25, 0.3) is 17.0 Å². The van der Waals surface area contributed by atoms with Crippen LogP contribution in [0.2, 0.25) is 0 Å². The summed E-state index contributed by atoms with van der Waals surface area (Å²) < 4.78 is 1.74. The zero-order chi connectivity index (χ0) is 15.8. The van der Waals surface area contributed by atoms with Crippen LogP contribution < -0.4 is 10.6 Å². The molecule has 1 atom stereocenters. The Hall–Kier alpha value is -2.96. The summed E-state index contributed by atoms with van der Waals surface area (Å²) in [6.07, 6.45) is 0.767. The summed E-state index contributed by atoms with van der Waals surface area (Å²) >= 11 is 0. The van der Waals surface area contributed by atoms with Crippen molar-refractivity contribution in [2.45, 2.75) is 6.42 Å². The van der Waals surface area contributed by atoms with Crippen molar-refractivity contribution in [1.82, 2.24) is 19.8 Å². The molecule has 3 aromatic rings. The zero-order valence-corrected chi connectivity index (χ0v) is 12.5. The van der Waals surface area contributed by atoms with Crippen molar-refractivity contribution in [2.24, 2.45) is 11.7 Å². The number of fused-ring (bicyclic) bond motifs is 1. The second-order valence-corrected chi connectivity index (χ2v) is 5.69. The SMILES string of the molecule is NC(=O)C1CCN(c2ccc3nnc(-c4ccccc4)n3n2)C1. The first-order chi connectivity index (χ1) is 11.2. The van der Waals surface area contributed by atoms with Gasteiger partial charge in [0, 0.05) is 18.7 Å². The number of anilines is 1. The van der Waals surface area contributed by atoms with Gasteiger partial charge < -0.3 is 10.6 Å². The Morgan fingerprint density at radius 3 is 2.70 bits per heavy atom. The van der Waals surface area contributed by atoms with Crippen molar-refractivity contribution < 1.29 is 4.79 Å². The Bertz CT molecular complexity index is 859. The van der Waals surface area contributed by atoms with Gasteiger partial charge in [-0.25, -0.2) is 0 Å². The van der Waals surface area contributed by atoms with E-state index in [1.165, 1.54) is 0 Å². The largest absolute Gasteiger partial charge is 0.369 e. The van der Waals surface area contributed by atoms with E-state index >= 15 is 0 Å². The number of aromatic nitrogens is 4. The molecule has 1 aliphatic heterocycles. The molecule has 1 unspecified atom stereocenters. The van der Waals surface area contributed by atoms with Crippen LogP contribution >= 0.6 is 0 Å². The Kier molecular flexibility index (Phi) is 3.18. The van der Waals surface area contributed by atoms with Gasteiger partial charge in [-0.15, -0.1) is 15.3 Å². The molecule has 1 aromatic carbocycles. The molecule has 116 valence electrons. The quantitative estimate of drug-likeness (QED) is 0.782. The van der Waals surface area contributed by atoms with Crippen molar-refractivity contribution in [2.75, 3.05) is 18.0 Å². The van der Waals surface area contributed by atoms with Gasteiger partial charge >= 0.3 is 0 Å². The molecule has 0 aliphatic carbocycles. The van der Waals surface area contributed by atoms with E-state index in [2.05, 4.69) is 20.2 Å². The highest BCUT2D eigenvalue weighted by Crippen LogP contribution is 2.23. The number of rotatable bonds is 3. The van der Waals surface area contributed by atoms with Crippen molar-refractivity contribution >= 4 is 17.4 Å². The minimum atomic E-state index is -0.247. The molecule has 4 rings (SSSR count). The topological polar surface area (TPSA) is 89.4 Å². The van der Waals surface area contributed by atoms with Gasteiger partial charge in [0.05, 0.1) is 5.92 Å². The van der Waals surface area contributed by atoms with Gasteiger partial charge in [0.25, 0.3) is 0 Å². The molecule has 0 radical (unpaired) electrons. The number of hydrogen-bond donors (Lipinski definition) is 1. The van der Waals surface area contributed by atoms with Crippen molar-refractivity contribution in [3.63, 3.8) is 0 Å². The number of hydrogen-bond acceptors (Lipinski definition) is 5. The van der Waals surface area contributed by atoms with E-state index < -0.39 is 0 Å². The number of nitrogens with zero attached hydrogens (tertiary/aromatic N) is 5.